The Morgan fingerprint density at radius 2 is 1.78 bits per heavy atom. The van der Waals surface area contributed by atoms with Crippen molar-refractivity contribution in [2.24, 2.45) is 4.99 Å². The monoisotopic (exact) mass is 539 g/mol. The molecule has 0 saturated heterocycles. The molecule has 192 valence electrons. The number of amides is 1. The van der Waals surface area contributed by atoms with Crippen molar-refractivity contribution in [2.45, 2.75) is 18.4 Å². The van der Waals surface area contributed by atoms with Gasteiger partial charge < -0.3 is 14.0 Å². The summed E-state index contributed by atoms with van der Waals surface area (Å²) in [7, 11) is -2.23. The van der Waals surface area contributed by atoms with Gasteiger partial charge in [0, 0.05) is 24.9 Å². The van der Waals surface area contributed by atoms with Crippen LogP contribution in [0.4, 0.5) is 5.69 Å². The Balaban J connectivity index is 1.68. The van der Waals surface area contributed by atoms with Crippen LogP contribution < -0.4 is 9.52 Å². The van der Waals surface area contributed by atoms with Crippen LogP contribution in [0, 0.1) is 0 Å². The first kappa shape index (κ1) is 26.3. The van der Waals surface area contributed by atoms with Crippen LogP contribution >= 0.6 is 11.3 Å². The molecule has 0 unspecified atom stereocenters. The molecule has 0 aliphatic heterocycles. The van der Waals surface area contributed by atoms with Gasteiger partial charge in [0.25, 0.3) is 15.9 Å². The number of carbonyl (C=O) groups excluding carboxylic acids is 2. The van der Waals surface area contributed by atoms with Gasteiger partial charge in [-0.2, -0.15) is 4.99 Å². The first-order valence-corrected chi connectivity index (χ1v) is 13.7. The van der Waals surface area contributed by atoms with E-state index in [0.29, 0.717) is 23.5 Å². The number of anilines is 1. The first-order chi connectivity index (χ1) is 17.8. The molecule has 1 aromatic heterocycles. The number of nitrogens with zero attached hydrogens (tertiary/aromatic N) is 2. The predicted octanol–water partition coefficient (Wildman–Crippen LogP) is 4.07. The van der Waals surface area contributed by atoms with Crippen molar-refractivity contribution in [3.8, 4) is 0 Å². The molecule has 37 heavy (non-hydrogen) atoms. The smallest absolute Gasteiger partial charge is 0.338 e. The standard InChI is InChI=1S/C26H25N3O6S2/c1-3-35-25(31)19-12-13-22-23(17-19)36-26(29(22)14-15-34-2)27-24(30)18-8-7-9-20(16-18)28-37(32,33)21-10-5-4-6-11-21/h4-13,16-17,28H,3,14-15H2,1-2H3. The number of nitrogens with one attached hydrogen (secondary N) is 1. The average molecular weight is 540 g/mol. The second-order valence-electron chi connectivity index (χ2n) is 7.85. The number of hydrogen-bond donors (Lipinski definition) is 1. The zero-order chi connectivity index (χ0) is 26.4. The van der Waals surface area contributed by atoms with Crippen molar-refractivity contribution in [2.75, 3.05) is 25.0 Å². The second-order valence-corrected chi connectivity index (χ2v) is 10.5. The summed E-state index contributed by atoms with van der Waals surface area (Å²) in [5, 5.41) is 0. The Kier molecular flexibility index (Phi) is 8.17. The maximum Gasteiger partial charge on any atom is 0.338 e. The van der Waals surface area contributed by atoms with Gasteiger partial charge in [-0.25, -0.2) is 13.2 Å². The van der Waals surface area contributed by atoms with E-state index in [1.54, 1.807) is 68.6 Å². The largest absolute Gasteiger partial charge is 0.462 e. The van der Waals surface area contributed by atoms with Crippen molar-refractivity contribution in [3.63, 3.8) is 0 Å². The van der Waals surface area contributed by atoms with Gasteiger partial charge in [0.2, 0.25) is 0 Å². The summed E-state index contributed by atoms with van der Waals surface area (Å²) in [5.41, 5.74) is 1.67. The number of carbonyl (C=O) groups is 2. The summed E-state index contributed by atoms with van der Waals surface area (Å²) in [5.74, 6) is -0.963. The van der Waals surface area contributed by atoms with Crippen LogP contribution in [-0.4, -0.2) is 45.2 Å². The van der Waals surface area contributed by atoms with E-state index in [2.05, 4.69) is 9.71 Å². The molecule has 0 atom stereocenters. The molecule has 11 heteroatoms. The molecule has 1 heterocycles. The summed E-state index contributed by atoms with van der Waals surface area (Å²) in [6.45, 7) is 2.84. The lowest BCUT2D eigenvalue weighted by Crippen LogP contribution is -2.19. The SMILES string of the molecule is CCOC(=O)c1ccc2c(c1)sc(=NC(=O)c1cccc(NS(=O)(=O)c3ccccc3)c1)n2CCOC. The molecule has 0 saturated carbocycles. The van der Waals surface area contributed by atoms with E-state index in [1.165, 1.54) is 29.5 Å². The van der Waals surface area contributed by atoms with Gasteiger partial charge in [0.15, 0.2) is 4.80 Å². The molecule has 0 fully saturated rings. The van der Waals surface area contributed by atoms with Crippen molar-refractivity contribution >= 4 is 49.1 Å². The van der Waals surface area contributed by atoms with E-state index in [9.17, 15) is 18.0 Å². The molecule has 0 aliphatic rings. The summed E-state index contributed by atoms with van der Waals surface area (Å²) >= 11 is 1.26. The van der Waals surface area contributed by atoms with E-state index in [0.717, 1.165) is 10.2 Å². The maximum absolute atomic E-state index is 13.1. The molecule has 1 amide bonds. The quantitative estimate of drug-likeness (QED) is 0.321. The normalized spacial score (nSPS) is 12.0. The highest BCUT2D eigenvalue weighted by atomic mass is 32.2. The van der Waals surface area contributed by atoms with E-state index in [1.807, 2.05) is 4.57 Å². The minimum Gasteiger partial charge on any atom is -0.462 e. The highest BCUT2D eigenvalue weighted by Crippen LogP contribution is 2.21. The van der Waals surface area contributed by atoms with Crippen LogP contribution in [-0.2, 0) is 26.0 Å². The Bertz CT molecular complexity index is 1610. The molecule has 3 aromatic carbocycles. The third-order valence-electron chi connectivity index (χ3n) is 5.33. The van der Waals surface area contributed by atoms with E-state index in [4.69, 9.17) is 9.47 Å². The van der Waals surface area contributed by atoms with Gasteiger partial charge in [0.05, 0.1) is 33.9 Å². The van der Waals surface area contributed by atoms with Gasteiger partial charge in [0.1, 0.15) is 0 Å². The van der Waals surface area contributed by atoms with Crippen LogP contribution in [0.1, 0.15) is 27.6 Å². The van der Waals surface area contributed by atoms with Crippen LogP contribution in [0.5, 0.6) is 0 Å². The third-order valence-corrected chi connectivity index (χ3v) is 7.76. The molecule has 4 aromatic rings. The highest BCUT2D eigenvalue weighted by Gasteiger charge is 2.16. The number of thiazole rings is 1. The number of rotatable bonds is 9. The number of methoxy groups -OCH3 is 1. The number of benzene rings is 3. The molecular weight excluding hydrogens is 514 g/mol. The lowest BCUT2D eigenvalue weighted by atomic mass is 10.2. The summed E-state index contributed by atoms with van der Waals surface area (Å²) in [4.78, 5) is 30.1. The Morgan fingerprint density at radius 3 is 2.51 bits per heavy atom. The number of esters is 1. The Morgan fingerprint density at radius 1 is 1.00 bits per heavy atom. The van der Waals surface area contributed by atoms with Crippen LogP contribution in [0.25, 0.3) is 10.2 Å². The van der Waals surface area contributed by atoms with Gasteiger partial charge in [-0.3, -0.25) is 9.52 Å². The molecule has 0 radical (unpaired) electrons. The van der Waals surface area contributed by atoms with E-state index in [-0.39, 0.29) is 22.8 Å². The van der Waals surface area contributed by atoms with Crippen LogP contribution in [0.15, 0.2) is 82.7 Å². The molecule has 1 N–H and O–H groups in total. The molecule has 0 aliphatic carbocycles. The molecule has 0 bridgehead atoms. The fraction of sp³-hybridized carbons (Fsp3) is 0.192. The van der Waals surface area contributed by atoms with Crippen LogP contribution in [0.2, 0.25) is 0 Å². The molecule has 9 nitrogen and oxygen atoms in total. The van der Waals surface area contributed by atoms with E-state index >= 15 is 0 Å². The minimum atomic E-state index is -3.81. The zero-order valence-corrected chi connectivity index (χ0v) is 21.8. The number of sulfonamides is 1. The van der Waals surface area contributed by atoms with Crippen LogP contribution in [0.3, 0.4) is 0 Å². The number of hydrogen-bond acceptors (Lipinski definition) is 7. The van der Waals surface area contributed by atoms with Gasteiger partial charge in [-0.05, 0) is 55.5 Å². The summed E-state index contributed by atoms with van der Waals surface area (Å²) in [6.07, 6.45) is 0. The Labute approximate surface area is 218 Å². The number of fused-ring (bicyclic) bond motifs is 1. The van der Waals surface area contributed by atoms with E-state index < -0.39 is 21.9 Å². The van der Waals surface area contributed by atoms with Gasteiger partial charge in [-0.15, -0.1) is 0 Å². The topological polar surface area (TPSA) is 116 Å². The summed E-state index contributed by atoms with van der Waals surface area (Å²) < 4.78 is 40.7. The fourth-order valence-electron chi connectivity index (χ4n) is 3.58. The minimum absolute atomic E-state index is 0.114. The van der Waals surface area contributed by atoms with Gasteiger partial charge >= 0.3 is 5.97 Å². The lowest BCUT2D eigenvalue weighted by molar-refractivity contribution is 0.0526. The molecule has 0 spiro atoms. The highest BCUT2D eigenvalue weighted by molar-refractivity contribution is 7.92. The van der Waals surface area contributed by atoms with Gasteiger partial charge in [-0.1, -0.05) is 35.6 Å². The lowest BCUT2D eigenvalue weighted by Gasteiger charge is -2.08. The predicted molar refractivity (Wildman–Crippen MR) is 141 cm³/mol. The average Bonchev–Trinajstić information content (AvgIpc) is 3.23. The van der Waals surface area contributed by atoms with Crippen molar-refractivity contribution < 1.29 is 27.5 Å². The first-order valence-electron chi connectivity index (χ1n) is 11.4. The van der Waals surface area contributed by atoms with Crippen molar-refractivity contribution in [1.29, 1.82) is 0 Å². The summed E-state index contributed by atoms with van der Waals surface area (Å²) in [6, 6.07) is 19.3. The molecule has 4 rings (SSSR count). The number of aromatic nitrogens is 1. The maximum atomic E-state index is 13.1. The second kappa shape index (κ2) is 11.5. The Hall–Kier alpha value is -3.80. The zero-order valence-electron chi connectivity index (χ0n) is 20.2. The van der Waals surface area contributed by atoms with Crippen molar-refractivity contribution in [1.82, 2.24) is 4.57 Å². The third kappa shape index (κ3) is 6.13. The van der Waals surface area contributed by atoms with Crippen molar-refractivity contribution in [3.05, 3.63) is 88.7 Å². The fourth-order valence-corrected chi connectivity index (χ4v) is 5.74. The number of ether oxygens (including phenoxy) is 2. The molecular formula is C26H25N3O6S2.